The molecule has 1 aliphatic heterocycles. The third-order valence-corrected chi connectivity index (χ3v) is 6.93. The number of aromatic amines is 1. The van der Waals surface area contributed by atoms with Crippen molar-refractivity contribution in [3.8, 4) is 17.0 Å². The second-order valence-corrected chi connectivity index (χ2v) is 9.56. The summed E-state index contributed by atoms with van der Waals surface area (Å²) in [5.41, 5.74) is 1.86. The Morgan fingerprint density at radius 1 is 1.24 bits per heavy atom. The molecule has 0 bridgehead atoms. The summed E-state index contributed by atoms with van der Waals surface area (Å²) in [5.74, 6) is 0.0185. The van der Waals surface area contributed by atoms with Gasteiger partial charge in [0.25, 0.3) is 12.3 Å². The van der Waals surface area contributed by atoms with Crippen molar-refractivity contribution in [1.82, 2.24) is 25.2 Å². The first-order chi connectivity index (χ1) is 17.8. The molecule has 1 aromatic carbocycles. The van der Waals surface area contributed by atoms with E-state index in [0.717, 1.165) is 17.7 Å². The zero-order chi connectivity index (χ0) is 26.3. The molecule has 2 aliphatic rings. The summed E-state index contributed by atoms with van der Waals surface area (Å²) in [4.78, 5) is 38.1. The van der Waals surface area contributed by atoms with Crippen molar-refractivity contribution in [3.05, 3.63) is 41.3 Å². The van der Waals surface area contributed by atoms with Crippen molar-refractivity contribution in [2.24, 2.45) is 5.92 Å². The largest absolute Gasteiger partial charge is 0.493 e. The zero-order valence-corrected chi connectivity index (χ0v) is 20.6. The molecule has 11 heteroatoms. The van der Waals surface area contributed by atoms with E-state index in [0.29, 0.717) is 47.2 Å². The Labute approximate surface area is 211 Å². The van der Waals surface area contributed by atoms with E-state index in [2.05, 4.69) is 20.3 Å². The van der Waals surface area contributed by atoms with Gasteiger partial charge in [0.1, 0.15) is 23.3 Å². The number of carbonyl (C=O) groups excluding carboxylic acids is 2. The standard InChI is InChI=1S/C26H28F3N5O3/c1-3-19(35)34-9-8-17(25(34)29)33-26(36)20-13(2)32-23-21(30-12-31-22(20)23)16-10-15(24(27)28)6-7-18(16)37-11-14-4-5-14/h6-7,10,12,14,17,24-25,32H,3-5,8-9,11H2,1-2H3,(H,33,36)/t17-,25?/m1/s1. The van der Waals surface area contributed by atoms with E-state index in [1.54, 1.807) is 13.8 Å². The summed E-state index contributed by atoms with van der Waals surface area (Å²) in [6.45, 7) is 4.04. The fourth-order valence-corrected chi connectivity index (χ4v) is 4.69. The number of hydrogen-bond acceptors (Lipinski definition) is 5. The molecular formula is C26H28F3N5O3. The fourth-order valence-electron chi connectivity index (χ4n) is 4.69. The number of halogens is 3. The number of carbonyl (C=O) groups is 2. The predicted octanol–water partition coefficient (Wildman–Crippen LogP) is 4.70. The number of nitrogens with zero attached hydrogens (tertiary/aromatic N) is 3. The van der Waals surface area contributed by atoms with Gasteiger partial charge < -0.3 is 19.9 Å². The lowest BCUT2D eigenvalue weighted by molar-refractivity contribution is -0.134. The third-order valence-electron chi connectivity index (χ3n) is 6.93. The Balaban J connectivity index is 1.49. The van der Waals surface area contributed by atoms with E-state index in [9.17, 15) is 22.8 Å². The highest BCUT2D eigenvalue weighted by molar-refractivity contribution is 6.09. The highest BCUT2D eigenvalue weighted by Gasteiger charge is 2.38. The minimum Gasteiger partial charge on any atom is -0.493 e. The summed E-state index contributed by atoms with van der Waals surface area (Å²) in [6.07, 6.45) is -0.418. The topological polar surface area (TPSA) is 100 Å². The average molecular weight is 516 g/mol. The van der Waals surface area contributed by atoms with Gasteiger partial charge in [0, 0.05) is 29.8 Å². The van der Waals surface area contributed by atoms with Crippen LogP contribution in [0.4, 0.5) is 13.2 Å². The van der Waals surface area contributed by atoms with Gasteiger partial charge in [0.05, 0.1) is 23.7 Å². The molecule has 5 rings (SSSR count). The maximum absolute atomic E-state index is 14.9. The molecular weight excluding hydrogens is 487 g/mol. The van der Waals surface area contributed by atoms with Gasteiger partial charge in [-0.15, -0.1) is 0 Å². The van der Waals surface area contributed by atoms with Crippen LogP contribution in [0.1, 0.15) is 60.6 Å². The van der Waals surface area contributed by atoms with Crippen LogP contribution in [-0.4, -0.2) is 57.2 Å². The van der Waals surface area contributed by atoms with Crippen LogP contribution in [0.3, 0.4) is 0 Å². The minimum atomic E-state index is -2.68. The number of hydrogen-bond donors (Lipinski definition) is 2. The summed E-state index contributed by atoms with van der Waals surface area (Å²) in [7, 11) is 0. The second kappa shape index (κ2) is 10.0. The number of nitrogens with one attached hydrogen (secondary N) is 2. The number of alkyl halides is 3. The number of amides is 2. The number of H-pyrrole nitrogens is 1. The van der Waals surface area contributed by atoms with Crippen LogP contribution in [0.5, 0.6) is 5.75 Å². The van der Waals surface area contributed by atoms with Crippen molar-refractivity contribution in [2.75, 3.05) is 13.2 Å². The van der Waals surface area contributed by atoms with Gasteiger partial charge in [-0.1, -0.05) is 6.92 Å². The highest BCUT2D eigenvalue weighted by Crippen LogP contribution is 2.38. The van der Waals surface area contributed by atoms with Gasteiger partial charge in [-0.2, -0.15) is 0 Å². The normalized spacial score (nSPS) is 19.6. The SMILES string of the molecule is CCC(=O)N1CC[C@@H](NC(=O)c2c(C)[nH]c3c(-c4cc(C(F)F)ccc4OCC4CC4)ncnc23)C1F. The highest BCUT2D eigenvalue weighted by atomic mass is 19.3. The molecule has 196 valence electrons. The number of ether oxygens (including phenoxy) is 1. The molecule has 3 aromatic rings. The van der Waals surface area contributed by atoms with Crippen LogP contribution in [0, 0.1) is 12.8 Å². The van der Waals surface area contributed by atoms with Crippen LogP contribution >= 0.6 is 0 Å². The third kappa shape index (κ3) is 4.86. The molecule has 1 saturated carbocycles. The summed E-state index contributed by atoms with van der Waals surface area (Å²) in [5, 5.41) is 2.70. The van der Waals surface area contributed by atoms with Crippen molar-refractivity contribution in [3.63, 3.8) is 0 Å². The molecule has 1 saturated heterocycles. The lowest BCUT2D eigenvalue weighted by atomic mass is 10.0. The van der Waals surface area contributed by atoms with Gasteiger partial charge in [0.2, 0.25) is 5.91 Å². The molecule has 1 unspecified atom stereocenters. The number of aromatic nitrogens is 3. The molecule has 2 amide bonds. The number of rotatable bonds is 8. The van der Waals surface area contributed by atoms with E-state index >= 15 is 0 Å². The molecule has 2 atom stereocenters. The van der Waals surface area contributed by atoms with Crippen molar-refractivity contribution >= 4 is 22.8 Å². The second-order valence-electron chi connectivity index (χ2n) is 9.56. The van der Waals surface area contributed by atoms with Gasteiger partial charge in [0.15, 0.2) is 6.30 Å². The van der Waals surface area contributed by atoms with Crippen LogP contribution < -0.4 is 10.1 Å². The van der Waals surface area contributed by atoms with Crippen molar-refractivity contribution < 1.29 is 27.5 Å². The number of benzene rings is 1. The molecule has 0 radical (unpaired) electrons. The molecule has 2 aromatic heterocycles. The van der Waals surface area contributed by atoms with Gasteiger partial charge in [-0.25, -0.2) is 23.1 Å². The Morgan fingerprint density at radius 2 is 2.03 bits per heavy atom. The van der Waals surface area contributed by atoms with Crippen molar-refractivity contribution in [2.45, 2.75) is 58.3 Å². The first-order valence-corrected chi connectivity index (χ1v) is 12.4. The maximum atomic E-state index is 14.9. The molecule has 37 heavy (non-hydrogen) atoms. The summed E-state index contributed by atoms with van der Waals surface area (Å²) < 4.78 is 47.9. The van der Waals surface area contributed by atoms with Gasteiger partial charge >= 0.3 is 0 Å². The molecule has 2 N–H and O–H groups in total. The van der Waals surface area contributed by atoms with E-state index in [4.69, 9.17) is 4.74 Å². The monoisotopic (exact) mass is 515 g/mol. The average Bonchev–Trinajstić information content (AvgIpc) is 3.56. The van der Waals surface area contributed by atoms with E-state index < -0.39 is 24.7 Å². The Bertz CT molecular complexity index is 1340. The van der Waals surface area contributed by atoms with Gasteiger partial charge in [-0.05, 0) is 50.3 Å². The predicted molar refractivity (Wildman–Crippen MR) is 130 cm³/mol. The Hall–Kier alpha value is -3.63. The molecule has 2 fully saturated rings. The van der Waals surface area contributed by atoms with Crippen LogP contribution in [-0.2, 0) is 4.79 Å². The summed E-state index contributed by atoms with van der Waals surface area (Å²) in [6, 6.07) is 3.34. The molecule has 3 heterocycles. The van der Waals surface area contributed by atoms with E-state index in [1.165, 1.54) is 24.5 Å². The first-order valence-electron chi connectivity index (χ1n) is 12.4. The van der Waals surface area contributed by atoms with E-state index in [-0.39, 0.29) is 35.5 Å². The van der Waals surface area contributed by atoms with Crippen LogP contribution in [0.15, 0.2) is 24.5 Å². The Kier molecular flexibility index (Phi) is 6.78. The van der Waals surface area contributed by atoms with E-state index in [1.807, 2.05) is 0 Å². The first kappa shape index (κ1) is 25.0. The lowest BCUT2D eigenvalue weighted by Crippen LogP contribution is -2.44. The van der Waals surface area contributed by atoms with Crippen LogP contribution in [0.25, 0.3) is 22.3 Å². The number of fused-ring (bicyclic) bond motifs is 1. The molecule has 8 nitrogen and oxygen atoms in total. The molecule has 0 spiro atoms. The summed E-state index contributed by atoms with van der Waals surface area (Å²) >= 11 is 0. The quantitative estimate of drug-likeness (QED) is 0.424. The number of aryl methyl sites for hydroxylation is 1. The molecule has 1 aliphatic carbocycles. The lowest BCUT2D eigenvalue weighted by Gasteiger charge is -2.21. The fraction of sp³-hybridized carbons (Fsp3) is 0.462. The van der Waals surface area contributed by atoms with Gasteiger partial charge in [-0.3, -0.25) is 9.59 Å². The maximum Gasteiger partial charge on any atom is 0.263 e. The zero-order valence-electron chi connectivity index (χ0n) is 20.6. The minimum absolute atomic E-state index is 0.178. The number of likely N-dealkylation sites (tertiary alicyclic amines) is 1. The smallest absolute Gasteiger partial charge is 0.263 e. The Morgan fingerprint density at radius 3 is 2.73 bits per heavy atom. The van der Waals surface area contributed by atoms with Crippen LogP contribution in [0.2, 0.25) is 0 Å². The van der Waals surface area contributed by atoms with Crippen molar-refractivity contribution in [1.29, 1.82) is 0 Å².